The molecule has 7 heteroatoms. The average molecular weight is 283 g/mol. The van der Waals surface area contributed by atoms with E-state index in [0.29, 0.717) is 26.1 Å². The highest BCUT2D eigenvalue weighted by Crippen LogP contribution is 2.12. The minimum Gasteiger partial charge on any atom is -0.383 e. The van der Waals surface area contributed by atoms with Gasteiger partial charge in [-0.2, -0.15) is 5.26 Å². The molecule has 0 spiro atoms. The van der Waals surface area contributed by atoms with Crippen LogP contribution in [0.2, 0.25) is 0 Å². The van der Waals surface area contributed by atoms with Crippen molar-refractivity contribution in [1.82, 2.24) is 9.80 Å². The highest BCUT2D eigenvalue weighted by Gasteiger charge is 2.27. The molecular weight excluding hydrogens is 262 g/mol. The third-order valence-corrected chi connectivity index (χ3v) is 3.26. The predicted octanol–water partition coefficient (Wildman–Crippen LogP) is -0.642. The lowest BCUT2D eigenvalue weighted by atomic mass is 10.2. The van der Waals surface area contributed by atoms with Gasteiger partial charge in [0.2, 0.25) is 5.91 Å². The van der Waals surface area contributed by atoms with E-state index in [1.54, 1.807) is 0 Å². The third-order valence-electron chi connectivity index (χ3n) is 3.26. The maximum absolute atomic E-state index is 12.1. The van der Waals surface area contributed by atoms with Crippen molar-refractivity contribution in [2.24, 2.45) is 0 Å². The Morgan fingerprint density at radius 3 is 3.00 bits per heavy atom. The standard InChI is InChI=1S/C13H21N3O4/c1-20-9-8-15(7-5-14)12(18)10-16-6-3-2-4-11(17)13(16)19/h11,17H,2-4,6-10H2,1H3. The van der Waals surface area contributed by atoms with Crippen molar-refractivity contribution in [3.05, 3.63) is 0 Å². The lowest BCUT2D eigenvalue weighted by Gasteiger charge is -2.25. The normalized spacial score (nSPS) is 19.4. The number of rotatable bonds is 6. The Morgan fingerprint density at radius 1 is 1.60 bits per heavy atom. The summed E-state index contributed by atoms with van der Waals surface area (Å²) in [5.41, 5.74) is 0. The molecule has 0 aromatic heterocycles. The second kappa shape index (κ2) is 8.51. The van der Waals surface area contributed by atoms with Gasteiger partial charge >= 0.3 is 0 Å². The number of hydrogen-bond acceptors (Lipinski definition) is 5. The van der Waals surface area contributed by atoms with Crippen LogP contribution in [0.15, 0.2) is 0 Å². The van der Waals surface area contributed by atoms with E-state index in [1.165, 1.54) is 16.9 Å². The van der Waals surface area contributed by atoms with E-state index in [9.17, 15) is 14.7 Å². The highest BCUT2D eigenvalue weighted by atomic mass is 16.5. The molecule has 0 saturated carbocycles. The maximum Gasteiger partial charge on any atom is 0.251 e. The molecule has 0 radical (unpaired) electrons. The quantitative estimate of drug-likeness (QED) is 0.654. The first-order valence-electron chi connectivity index (χ1n) is 6.70. The molecule has 1 aliphatic rings. The van der Waals surface area contributed by atoms with E-state index >= 15 is 0 Å². The fourth-order valence-electron chi connectivity index (χ4n) is 2.08. The molecule has 1 aliphatic heterocycles. The Labute approximate surface area is 118 Å². The van der Waals surface area contributed by atoms with Gasteiger partial charge in [-0.05, 0) is 19.3 Å². The van der Waals surface area contributed by atoms with Crippen molar-refractivity contribution >= 4 is 11.8 Å². The number of methoxy groups -OCH3 is 1. The summed E-state index contributed by atoms with van der Waals surface area (Å²) in [5.74, 6) is -0.703. The number of carbonyl (C=O) groups excluding carboxylic acids is 2. The number of ether oxygens (including phenoxy) is 1. The number of hydrogen-bond donors (Lipinski definition) is 1. The molecule has 2 amide bonds. The monoisotopic (exact) mass is 283 g/mol. The van der Waals surface area contributed by atoms with Gasteiger partial charge in [-0.25, -0.2) is 0 Å². The summed E-state index contributed by atoms with van der Waals surface area (Å²) in [5, 5.41) is 18.4. The fourth-order valence-corrected chi connectivity index (χ4v) is 2.08. The Morgan fingerprint density at radius 2 is 2.35 bits per heavy atom. The molecular formula is C13H21N3O4. The average Bonchev–Trinajstić information content (AvgIpc) is 2.59. The zero-order valence-electron chi connectivity index (χ0n) is 11.7. The van der Waals surface area contributed by atoms with Gasteiger partial charge < -0.3 is 19.6 Å². The summed E-state index contributed by atoms with van der Waals surface area (Å²) in [4.78, 5) is 26.7. The van der Waals surface area contributed by atoms with Crippen molar-refractivity contribution in [2.45, 2.75) is 25.4 Å². The van der Waals surface area contributed by atoms with Crippen LogP contribution in [0.5, 0.6) is 0 Å². The molecule has 7 nitrogen and oxygen atoms in total. The summed E-state index contributed by atoms with van der Waals surface area (Å²) in [6.45, 7) is 0.984. The largest absolute Gasteiger partial charge is 0.383 e. The highest BCUT2D eigenvalue weighted by molar-refractivity contribution is 5.87. The van der Waals surface area contributed by atoms with Crippen LogP contribution >= 0.6 is 0 Å². The van der Waals surface area contributed by atoms with E-state index < -0.39 is 12.0 Å². The van der Waals surface area contributed by atoms with Crippen LogP contribution in [0.3, 0.4) is 0 Å². The SMILES string of the molecule is COCCN(CC#N)C(=O)CN1CCCCC(O)C1=O. The second-order valence-electron chi connectivity index (χ2n) is 4.74. The topological polar surface area (TPSA) is 93.9 Å². The molecule has 1 heterocycles. The second-order valence-corrected chi connectivity index (χ2v) is 4.74. The summed E-state index contributed by atoms with van der Waals surface area (Å²) in [6, 6.07) is 1.92. The van der Waals surface area contributed by atoms with E-state index in [-0.39, 0.29) is 19.0 Å². The zero-order chi connectivity index (χ0) is 15.0. The first-order chi connectivity index (χ1) is 9.60. The van der Waals surface area contributed by atoms with E-state index in [2.05, 4.69) is 0 Å². The minimum absolute atomic E-state index is 0.0349. The van der Waals surface area contributed by atoms with Crippen LogP contribution in [-0.4, -0.2) is 72.7 Å². The van der Waals surface area contributed by atoms with Gasteiger partial charge in [-0.15, -0.1) is 0 Å². The number of nitrogens with zero attached hydrogens (tertiary/aromatic N) is 3. The van der Waals surface area contributed by atoms with Gasteiger partial charge in [0.15, 0.2) is 0 Å². The van der Waals surface area contributed by atoms with Crippen molar-refractivity contribution in [3.63, 3.8) is 0 Å². The van der Waals surface area contributed by atoms with Crippen LogP contribution in [-0.2, 0) is 14.3 Å². The van der Waals surface area contributed by atoms with Gasteiger partial charge in [0.05, 0.1) is 19.2 Å². The van der Waals surface area contributed by atoms with Gasteiger partial charge in [0.1, 0.15) is 12.6 Å². The Bertz CT molecular complexity index is 380. The van der Waals surface area contributed by atoms with Gasteiger partial charge in [-0.3, -0.25) is 9.59 Å². The van der Waals surface area contributed by atoms with Crippen LogP contribution in [0.1, 0.15) is 19.3 Å². The van der Waals surface area contributed by atoms with Crippen molar-refractivity contribution in [2.75, 3.05) is 39.9 Å². The molecule has 1 atom stereocenters. The Kier molecular flexibility index (Phi) is 6.98. The molecule has 0 bridgehead atoms. The fraction of sp³-hybridized carbons (Fsp3) is 0.769. The molecule has 20 heavy (non-hydrogen) atoms. The van der Waals surface area contributed by atoms with E-state index in [4.69, 9.17) is 10.00 Å². The van der Waals surface area contributed by atoms with Crippen LogP contribution in [0.4, 0.5) is 0 Å². The number of amides is 2. The van der Waals surface area contributed by atoms with Crippen LogP contribution in [0.25, 0.3) is 0 Å². The van der Waals surface area contributed by atoms with Gasteiger partial charge in [0.25, 0.3) is 5.91 Å². The number of likely N-dealkylation sites (tertiary alicyclic amines) is 1. The Balaban J connectivity index is 2.61. The predicted molar refractivity (Wildman–Crippen MR) is 70.5 cm³/mol. The molecule has 0 aliphatic carbocycles. The van der Waals surface area contributed by atoms with Gasteiger partial charge in [0, 0.05) is 20.2 Å². The summed E-state index contributed by atoms with van der Waals surface area (Å²) < 4.78 is 4.89. The maximum atomic E-state index is 12.1. The number of aliphatic hydroxyl groups excluding tert-OH is 1. The molecule has 1 fully saturated rings. The number of aliphatic hydroxyl groups is 1. The lowest BCUT2D eigenvalue weighted by molar-refractivity contribution is -0.145. The van der Waals surface area contributed by atoms with Gasteiger partial charge in [-0.1, -0.05) is 0 Å². The van der Waals surface area contributed by atoms with Crippen molar-refractivity contribution in [3.8, 4) is 6.07 Å². The molecule has 0 aromatic rings. The summed E-state index contributed by atoms with van der Waals surface area (Å²) >= 11 is 0. The van der Waals surface area contributed by atoms with Crippen LogP contribution in [0, 0.1) is 11.3 Å². The summed E-state index contributed by atoms with van der Waals surface area (Å²) in [7, 11) is 1.52. The molecule has 1 rings (SSSR count). The third kappa shape index (κ3) is 4.79. The minimum atomic E-state index is -1.02. The van der Waals surface area contributed by atoms with Crippen molar-refractivity contribution in [1.29, 1.82) is 5.26 Å². The molecule has 1 N–H and O–H groups in total. The molecule has 1 unspecified atom stereocenters. The first kappa shape index (κ1) is 16.4. The van der Waals surface area contributed by atoms with E-state index in [1.807, 2.05) is 6.07 Å². The first-order valence-corrected chi connectivity index (χ1v) is 6.70. The van der Waals surface area contributed by atoms with E-state index in [0.717, 1.165) is 12.8 Å². The Hall–Kier alpha value is -1.65. The smallest absolute Gasteiger partial charge is 0.251 e. The molecule has 0 aromatic carbocycles. The molecule has 1 saturated heterocycles. The van der Waals surface area contributed by atoms with Crippen LogP contribution < -0.4 is 0 Å². The van der Waals surface area contributed by atoms with Crippen molar-refractivity contribution < 1.29 is 19.4 Å². The number of nitriles is 1. The number of carbonyl (C=O) groups is 2. The molecule has 112 valence electrons. The zero-order valence-corrected chi connectivity index (χ0v) is 11.7. The summed E-state index contributed by atoms with van der Waals surface area (Å²) in [6.07, 6.45) is 0.957. The lowest BCUT2D eigenvalue weighted by Crippen LogP contribution is -2.46.